The molecule has 0 bridgehead atoms. The molecule has 2 aromatic rings. The molecule has 0 aliphatic heterocycles. The molecule has 2 aromatic carbocycles. The second-order valence-electron chi connectivity index (χ2n) is 4.67. The Bertz CT molecular complexity index is 534. The summed E-state index contributed by atoms with van der Waals surface area (Å²) >= 11 is 0. The van der Waals surface area contributed by atoms with Crippen LogP contribution in [-0.2, 0) is 0 Å². The molecule has 0 aliphatic rings. The van der Waals surface area contributed by atoms with Gasteiger partial charge in [0.15, 0.2) is 0 Å². The van der Waals surface area contributed by atoms with E-state index in [1.807, 2.05) is 24.3 Å². The van der Waals surface area contributed by atoms with Crippen LogP contribution in [0.1, 0.15) is 24.8 Å². The van der Waals surface area contributed by atoms with Crippen LogP contribution in [0.25, 0.3) is 11.1 Å². The van der Waals surface area contributed by atoms with Gasteiger partial charge in [-0.1, -0.05) is 48.5 Å². The Balaban J connectivity index is 2.13. The summed E-state index contributed by atoms with van der Waals surface area (Å²) < 4.78 is 12.9. The topological polar surface area (TPSA) is 29.4 Å². The van der Waals surface area contributed by atoms with Crippen LogP contribution >= 0.6 is 0 Å². The predicted octanol–water partition coefficient (Wildman–Crippen LogP) is 4.75. The number of benzene rings is 2. The first-order chi connectivity index (χ1) is 9.20. The molecule has 0 saturated carbocycles. The molecule has 0 N–H and O–H groups in total. The third-order valence-corrected chi connectivity index (χ3v) is 3.31. The smallest absolute Gasteiger partial charge is 0.123 e. The van der Waals surface area contributed by atoms with Crippen molar-refractivity contribution in [1.82, 2.24) is 0 Å². The van der Waals surface area contributed by atoms with Crippen molar-refractivity contribution in [1.29, 1.82) is 0 Å². The zero-order chi connectivity index (χ0) is 13.7. The average molecular weight is 257 g/mol. The number of rotatable bonds is 5. The van der Waals surface area contributed by atoms with E-state index in [2.05, 4.69) is 12.1 Å². The molecule has 0 saturated heterocycles. The highest BCUT2D eigenvalue weighted by Crippen LogP contribution is 2.24. The second-order valence-corrected chi connectivity index (χ2v) is 4.67. The number of nitroso groups, excluding NO2 is 1. The fourth-order valence-electron chi connectivity index (χ4n) is 2.06. The van der Waals surface area contributed by atoms with Gasteiger partial charge in [0, 0.05) is 0 Å². The van der Waals surface area contributed by atoms with E-state index >= 15 is 0 Å². The van der Waals surface area contributed by atoms with E-state index in [0.29, 0.717) is 12.5 Å². The van der Waals surface area contributed by atoms with E-state index in [9.17, 15) is 9.30 Å². The van der Waals surface area contributed by atoms with Gasteiger partial charge in [-0.3, -0.25) is 0 Å². The maximum absolute atomic E-state index is 12.9. The van der Waals surface area contributed by atoms with E-state index in [1.54, 1.807) is 12.1 Å². The van der Waals surface area contributed by atoms with Crippen LogP contribution in [0.5, 0.6) is 0 Å². The molecule has 0 heterocycles. The Morgan fingerprint density at radius 2 is 1.53 bits per heavy atom. The minimum Gasteiger partial charge on any atom is -0.207 e. The number of hydrogen-bond acceptors (Lipinski definition) is 2. The quantitative estimate of drug-likeness (QED) is 0.710. The molecule has 2 nitrogen and oxygen atoms in total. The van der Waals surface area contributed by atoms with Crippen LogP contribution in [0.4, 0.5) is 4.39 Å². The van der Waals surface area contributed by atoms with Crippen LogP contribution in [-0.4, -0.2) is 6.54 Å². The van der Waals surface area contributed by atoms with Gasteiger partial charge in [0.1, 0.15) is 5.82 Å². The molecular formula is C16H16FNO. The summed E-state index contributed by atoms with van der Waals surface area (Å²) in [5, 5.41) is 2.89. The number of nitrogens with zero attached hydrogens (tertiary/aromatic N) is 1. The van der Waals surface area contributed by atoms with Gasteiger partial charge in [0.2, 0.25) is 0 Å². The molecule has 3 heteroatoms. The van der Waals surface area contributed by atoms with Crippen molar-refractivity contribution in [3.05, 3.63) is 64.8 Å². The molecular weight excluding hydrogens is 241 g/mol. The Labute approximate surface area is 112 Å². The highest BCUT2D eigenvalue weighted by Gasteiger charge is 2.06. The molecule has 0 spiro atoms. The molecule has 1 unspecified atom stereocenters. The largest absolute Gasteiger partial charge is 0.207 e. The Morgan fingerprint density at radius 3 is 2.05 bits per heavy atom. The van der Waals surface area contributed by atoms with Gasteiger partial charge in [-0.05, 0) is 41.2 Å². The second kappa shape index (κ2) is 6.23. The normalized spacial score (nSPS) is 12.1. The van der Waals surface area contributed by atoms with E-state index in [1.165, 1.54) is 17.7 Å². The molecule has 0 fully saturated rings. The fourth-order valence-corrected chi connectivity index (χ4v) is 2.06. The van der Waals surface area contributed by atoms with E-state index in [4.69, 9.17) is 0 Å². The van der Waals surface area contributed by atoms with Crippen molar-refractivity contribution in [3.63, 3.8) is 0 Å². The van der Waals surface area contributed by atoms with Crippen molar-refractivity contribution in [2.45, 2.75) is 19.3 Å². The minimum absolute atomic E-state index is 0.227. The SMILES string of the molecule is CC(CCN=O)c1ccc(-c2ccc(F)cc2)cc1. The number of hydrogen-bond donors (Lipinski definition) is 0. The third-order valence-electron chi connectivity index (χ3n) is 3.31. The van der Waals surface area contributed by atoms with Crippen LogP contribution < -0.4 is 0 Å². The molecule has 0 radical (unpaired) electrons. The lowest BCUT2D eigenvalue weighted by atomic mass is 9.95. The molecule has 19 heavy (non-hydrogen) atoms. The zero-order valence-electron chi connectivity index (χ0n) is 10.8. The summed E-state index contributed by atoms with van der Waals surface area (Å²) in [6.45, 7) is 2.43. The number of halogens is 1. The molecule has 0 amide bonds. The Hall–Kier alpha value is -2.03. The highest BCUT2D eigenvalue weighted by atomic mass is 19.1. The van der Waals surface area contributed by atoms with Gasteiger partial charge < -0.3 is 0 Å². The van der Waals surface area contributed by atoms with Gasteiger partial charge in [-0.2, -0.15) is 4.91 Å². The van der Waals surface area contributed by atoms with Crippen molar-refractivity contribution >= 4 is 0 Å². The van der Waals surface area contributed by atoms with Gasteiger partial charge >= 0.3 is 0 Å². The van der Waals surface area contributed by atoms with Crippen LogP contribution in [0, 0.1) is 10.7 Å². The first kappa shape index (κ1) is 13.4. The lowest BCUT2D eigenvalue weighted by molar-refractivity contribution is 0.628. The summed E-state index contributed by atoms with van der Waals surface area (Å²) in [7, 11) is 0. The van der Waals surface area contributed by atoms with Gasteiger partial charge in [0.25, 0.3) is 0 Å². The lowest BCUT2D eigenvalue weighted by Gasteiger charge is -2.10. The maximum Gasteiger partial charge on any atom is 0.123 e. The Kier molecular flexibility index (Phi) is 4.39. The molecule has 0 aromatic heterocycles. The Morgan fingerprint density at radius 1 is 1.00 bits per heavy atom. The molecule has 0 aliphatic carbocycles. The van der Waals surface area contributed by atoms with Gasteiger partial charge in [-0.25, -0.2) is 4.39 Å². The van der Waals surface area contributed by atoms with E-state index in [-0.39, 0.29) is 5.82 Å². The standard InChI is InChI=1S/C16H16FNO/c1-12(10-11-18-19)13-2-4-14(5-3-13)15-6-8-16(17)9-7-15/h2-9,12H,10-11H2,1H3. The van der Waals surface area contributed by atoms with Gasteiger partial charge in [-0.15, -0.1) is 0 Å². The van der Waals surface area contributed by atoms with Gasteiger partial charge in [0.05, 0.1) is 6.54 Å². The average Bonchev–Trinajstić information content (AvgIpc) is 2.46. The summed E-state index contributed by atoms with van der Waals surface area (Å²) in [4.78, 5) is 10.1. The first-order valence-corrected chi connectivity index (χ1v) is 6.35. The fraction of sp³-hybridized carbons (Fsp3) is 0.250. The van der Waals surface area contributed by atoms with E-state index in [0.717, 1.165) is 17.5 Å². The van der Waals surface area contributed by atoms with Crippen molar-refractivity contribution in [3.8, 4) is 11.1 Å². The highest BCUT2D eigenvalue weighted by molar-refractivity contribution is 5.63. The first-order valence-electron chi connectivity index (χ1n) is 6.35. The molecule has 98 valence electrons. The summed E-state index contributed by atoms with van der Waals surface area (Å²) in [5.74, 6) is 0.0929. The summed E-state index contributed by atoms with van der Waals surface area (Å²) in [6, 6.07) is 14.6. The van der Waals surface area contributed by atoms with Crippen LogP contribution in [0.15, 0.2) is 53.7 Å². The summed E-state index contributed by atoms with van der Waals surface area (Å²) in [6.07, 6.45) is 0.763. The summed E-state index contributed by atoms with van der Waals surface area (Å²) in [5.41, 5.74) is 3.24. The monoisotopic (exact) mass is 257 g/mol. The zero-order valence-corrected chi connectivity index (χ0v) is 10.8. The molecule has 1 atom stereocenters. The maximum atomic E-state index is 12.9. The minimum atomic E-state index is -0.227. The van der Waals surface area contributed by atoms with E-state index < -0.39 is 0 Å². The third kappa shape index (κ3) is 3.47. The van der Waals surface area contributed by atoms with Crippen LogP contribution in [0.3, 0.4) is 0 Å². The van der Waals surface area contributed by atoms with Crippen LogP contribution in [0.2, 0.25) is 0 Å². The predicted molar refractivity (Wildman–Crippen MR) is 75.5 cm³/mol. The van der Waals surface area contributed by atoms with Crippen molar-refractivity contribution in [2.24, 2.45) is 5.18 Å². The molecule has 2 rings (SSSR count). The van der Waals surface area contributed by atoms with Crippen molar-refractivity contribution in [2.75, 3.05) is 6.54 Å². The van der Waals surface area contributed by atoms with Crippen molar-refractivity contribution < 1.29 is 4.39 Å². The lowest BCUT2D eigenvalue weighted by Crippen LogP contribution is -1.95.